The Balaban J connectivity index is 2.40. The summed E-state index contributed by atoms with van der Waals surface area (Å²) in [4.78, 5) is 7.97. The normalized spacial score (nSPS) is 10.0. The summed E-state index contributed by atoms with van der Waals surface area (Å²) in [5.74, 6) is 1.85. The molecule has 0 bridgehead atoms. The lowest BCUT2D eigenvalue weighted by Crippen LogP contribution is -2.04. The Kier molecular flexibility index (Phi) is 4.65. The van der Waals surface area contributed by atoms with Gasteiger partial charge in [-0.1, -0.05) is 6.07 Å². The van der Waals surface area contributed by atoms with Crippen molar-refractivity contribution in [1.29, 1.82) is 0 Å². The molecule has 1 heterocycles. The molecule has 0 unspecified atom stereocenters. The van der Waals surface area contributed by atoms with Crippen LogP contribution in [0.3, 0.4) is 0 Å². The van der Waals surface area contributed by atoms with Gasteiger partial charge in [-0.25, -0.2) is 0 Å². The summed E-state index contributed by atoms with van der Waals surface area (Å²) in [6.07, 6.45) is 1.32. The molecule has 21 heavy (non-hydrogen) atoms. The topological polar surface area (TPSA) is 88.7 Å². The number of rotatable bonds is 6. The lowest BCUT2D eigenvalue weighted by atomic mass is 10.3. The second kappa shape index (κ2) is 6.65. The van der Waals surface area contributed by atoms with E-state index < -0.39 is 0 Å². The fraction of sp³-hybridized carbons (Fsp3) is 0.286. The number of para-hydroxylation sites is 1. The van der Waals surface area contributed by atoms with Gasteiger partial charge in [-0.05, 0) is 19.1 Å². The van der Waals surface area contributed by atoms with Crippen molar-refractivity contribution >= 4 is 5.69 Å². The minimum Gasteiger partial charge on any atom is -0.493 e. The molecule has 2 rings (SSSR count). The highest BCUT2D eigenvalue weighted by Gasteiger charge is 2.17. The molecule has 0 atom stereocenters. The molecular weight excluding hydrogens is 274 g/mol. The van der Waals surface area contributed by atoms with Crippen LogP contribution in [0.25, 0.3) is 0 Å². The molecule has 0 aliphatic rings. The highest BCUT2D eigenvalue weighted by atomic mass is 16.5. The average Bonchev–Trinajstić information content (AvgIpc) is 2.51. The molecule has 1 aromatic carbocycles. The van der Waals surface area contributed by atoms with E-state index in [1.807, 2.05) is 6.92 Å². The summed E-state index contributed by atoms with van der Waals surface area (Å²) in [5.41, 5.74) is 6.16. The smallest absolute Gasteiger partial charge is 0.250 e. The van der Waals surface area contributed by atoms with Crippen molar-refractivity contribution in [3.8, 4) is 29.0 Å². The van der Waals surface area contributed by atoms with E-state index in [0.29, 0.717) is 23.9 Å². The third-order valence-electron chi connectivity index (χ3n) is 2.67. The van der Waals surface area contributed by atoms with Crippen LogP contribution in [-0.4, -0.2) is 30.8 Å². The standard InChI is InChI=1S/C14H17N3O4/c1-4-20-13-11(15)14(17-8-16-13)21-12-9(18-2)6-5-7-10(12)19-3/h5-8H,4,15H2,1-3H3. The number of nitrogens with zero attached hydrogens (tertiary/aromatic N) is 2. The van der Waals surface area contributed by atoms with E-state index in [1.165, 1.54) is 20.5 Å². The second-order valence-corrected chi connectivity index (χ2v) is 3.92. The molecule has 112 valence electrons. The first-order chi connectivity index (χ1) is 10.2. The molecule has 1 aromatic heterocycles. The Morgan fingerprint density at radius 3 is 2.24 bits per heavy atom. The van der Waals surface area contributed by atoms with Crippen molar-refractivity contribution in [2.75, 3.05) is 26.6 Å². The fourth-order valence-corrected chi connectivity index (χ4v) is 1.71. The molecule has 0 aliphatic carbocycles. The van der Waals surface area contributed by atoms with E-state index in [4.69, 9.17) is 24.7 Å². The van der Waals surface area contributed by atoms with Crippen LogP contribution in [0.5, 0.6) is 29.0 Å². The molecule has 7 nitrogen and oxygen atoms in total. The van der Waals surface area contributed by atoms with Gasteiger partial charge in [0, 0.05) is 0 Å². The van der Waals surface area contributed by atoms with Gasteiger partial charge in [-0.2, -0.15) is 9.97 Å². The molecular formula is C14H17N3O4. The van der Waals surface area contributed by atoms with Crippen molar-refractivity contribution in [2.24, 2.45) is 0 Å². The molecule has 2 aromatic rings. The first-order valence-corrected chi connectivity index (χ1v) is 6.33. The van der Waals surface area contributed by atoms with Gasteiger partial charge in [0.15, 0.2) is 17.2 Å². The number of hydrogen-bond acceptors (Lipinski definition) is 7. The van der Waals surface area contributed by atoms with E-state index in [1.54, 1.807) is 18.2 Å². The number of aromatic nitrogens is 2. The van der Waals surface area contributed by atoms with E-state index >= 15 is 0 Å². The van der Waals surface area contributed by atoms with Crippen LogP contribution in [0.15, 0.2) is 24.5 Å². The average molecular weight is 291 g/mol. The van der Waals surface area contributed by atoms with Crippen molar-refractivity contribution in [3.63, 3.8) is 0 Å². The predicted octanol–water partition coefficient (Wildman–Crippen LogP) is 2.27. The van der Waals surface area contributed by atoms with E-state index in [-0.39, 0.29) is 17.4 Å². The third-order valence-corrected chi connectivity index (χ3v) is 2.67. The number of nitrogen functional groups attached to an aromatic ring is 1. The van der Waals surface area contributed by atoms with Gasteiger partial charge in [0.2, 0.25) is 17.5 Å². The lowest BCUT2D eigenvalue weighted by molar-refractivity contribution is 0.321. The molecule has 2 N–H and O–H groups in total. The highest BCUT2D eigenvalue weighted by molar-refractivity contribution is 5.59. The minimum absolute atomic E-state index is 0.177. The SMILES string of the molecule is CCOc1ncnc(Oc2c(OC)cccc2OC)c1N. The van der Waals surface area contributed by atoms with Crippen LogP contribution in [-0.2, 0) is 0 Å². The molecule has 0 spiro atoms. The molecule has 0 aliphatic heterocycles. The minimum atomic E-state index is 0.177. The Morgan fingerprint density at radius 1 is 1.05 bits per heavy atom. The molecule has 7 heteroatoms. The quantitative estimate of drug-likeness (QED) is 0.873. The number of methoxy groups -OCH3 is 2. The largest absolute Gasteiger partial charge is 0.493 e. The van der Waals surface area contributed by atoms with Crippen molar-refractivity contribution < 1.29 is 18.9 Å². The number of anilines is 1. The molecule has 0 saturated carbocycles. The van der Waals surface area contributed by atoms with Crippen LogP contribution in [0, 0.1) is 0 Å². The van der Waals surface area contributed by atoms with Gasteiger partial charge in [0.05, 0.1) is 20.8 Å². The maximum absolute atomic E-state index is 5.94. The number of hydrogen-bond donors (Lipinski definition) is 1. The van der Waals surface area contributed by atoms with E-state index in [0.717, 1.165) is 0 Å². The van der Waals surface area contributed by atoms with Crippen LogP contribution in [0.2, 0.25) is 0 Å². The number of benzene rings is 1. The van der Waals surface area contributed by atoms with Gasteiger partial charge >= 0.3 is 0 Å². The highest BCUT2D eigenvalue weighted by Crippen LogP contribution is 2.41. The first kappa shape index (κ1) is 14.7. The van der Waals surface area contributed by atoms with E-state index in [2.05, 4.69) is 9.97 Å². The third kappa shape index (κ3) is 3.07. The Hall–Kier alpha value is -2.70. The monoisotopic (exact) mass is 291 g/mol. The number of ether oxygens (including phenoxy) is 4. The maximum atomic E-state index is 5.94. The Morgan fingerprint density at radius 2 is 1.67 bits per heavy atom. The predicted molar refractivity (Wildman–Crippen MR) is 77.2 cm³/mol. The molecule has 0 saturated heterocycles. The first-order valence-electron chi connectivity index (χ1n) is 6.33. The summed E-state index contributed by atoms with van der Waals surface area (Å²) in [6.45, 7) is 2.28. The van der Waals surface area contributed by atoms with Crippen molar-refractivity contribution in [2.45, 2.75) is 6.92 Å². The summed E-state index contributed by atoms with van der Waals surface area (Å²) in [6, 6.07) is 5.29. The van der Waals surface area contributed by atoms with Gasteiger partial charge in [-0.15, -0.1) is 0 Å². The number of nitrogens with two attached hydrogens (primary N) is 1. The Labute approximate surface area is 122 Å². The zero-order valence-electron chi connectivity index (χ0n) is 12.1. The van der Waals surface area contributed by atoms with Gasteiger partial charge in [-0.3, -0.25) is 0 Å². The van der Waals surface area contributed by atoms with Crippen molar-refractivity contribution in [3.05, 3.63) is 24.5 Å². The van der Waals surface area contributed by atoms with Gasteiger partial charge < -0.3 is 24.7 Å². The molecule has 0 amide bonds. The summed E-state index contributed by atoms with van der Waals surface area (Å²) in [7, 11) is 3.08. The summed E-state index contributed by atoms with van der Waals surface area (Å²) in [5, 5.41) is 0. The lowest BCUT2D eigenvalue weighted by Gasteiger charge is -2.14. The van der Waals surface area contributed by atoms with E-state index in [9.17, 15) is 0 Å². The summed E-state index contributed by atoms with van der Waals surface area (Å²) < 4.78 is 21.6. The van der Waals surface area contributed by atoms with Gasteiger partial charge in [0.1, 0.15) is 6.33 Å². The maximum Gasteiger partial charge on any atom is 0.250 e. The van der Waals surface area contributed by atoms with Crippen LogP contribution >= 0.6 is 0 Å². The molecule has 0 fully saturated rings. The fourth-order valence-electron chi connectivity index (χ4n) is 1.71. The molecule has 0 radical (unpaired) electrons. The second-order valence-electron chi connectivity index (χ2n) is 3.92. The summed E-state index contributed by atoms with van der Waals surface area (Å²) >= 11 is 0. The zero-order valence-corrected chi connectivity index (χ0v) is 12.1. The zero-order chi connectivity index (χ0) is 15.2. The van der Waals surface area contributed by atoms with Crippen LogP contribution in [0.1, 0.15) is 6.92 Å². The van der Waals surface area contributed by atoms with Crippen LogP contribution < -0.4 is 24.7 Å². The van der Waals surface area contributed by atoms with Crippen LogP contribution in [0.4, 0.5) is 5.69 Å². The Bertz CT molecular complexity index is 597. The van der Waals surface area contributed by atoms with Gasteiger partial charge in [0.25, 0.3) is 0 Å². The van der Waals surface area contributed by atoms with Crippen molar-refractivity contribution in [1.82, 2.24) is 9.97 Å².